The minimum Gasteiger partial charge on any atom is -0.351 e. The quantitative estimate of drug-likeness (QED) is 0.760. The Hall–Kier alpha value is -1.49. The van der Waals surface area contributed by atoms with Crippen molar-refractivity contribution in [3.05, 3.63) is 29.8 Å². The number of thioether (sulfide) groups is 1. The van der Waals surface area contributed by atoms with Crippen LogP contribution >= 0.6 is 11.8 Å². The molecule has 0 spiro atoms. The molecule has 3 N–H and O–H groups in total. The van der Waals surface area contributed by atoms with Crippen LogP contribution in [0.5, 0.6) is 0 Å². The number of carbonyl (C=O) groups excluding carboxylic acids is 2. The van der Waals surface area contributed by atoms with Gasteiger partial charge in [-0.2, -0.15) is 0 Å². The molecule has 1 aromatic rings. The Morgan fingerprint density at radius 1 is 1.40 bits per heavy atom. The van der Waals surface area contributed by atoms with E-state index in [9.17, 15) is 9.59 Å². The predicted octanol–water partition coefficient (Wildman–Crippen LogP) is 1.28. The second kappa shape index (κ2) is 5.41. The number of amides is 3. The largest absolute Gasteiger partial charge is 0.351 e. The van der Waals surface area contributed by atoms with Crippen LogP contribution in [0.25, 0.3) is 0 Å². The number of hydrogen-bond donors (Lipinski definition) is 2. The monoisotopic (exact) mass is 224 g/mol. The molecule has 5 heteroatoms. The van der Waals surface area contributed by atoms with Crippen LogP contribution in [0.1, 0.15) is 5.56 Å². The summed E-state index contributed by atoms with van der Waals surface area (Å²) >= 11 is 1.38. The van der Waals surface area contributed by atoms with Crippen LogP contribution in [0, 0.1) is 6.92 Å². The highest BCUT2D eigenvalue weighted by atomic mass is 32.2. The van der Waals surface area contributed by atoms with Crippen LogP contribution in [0.4, 0.5) is 4.79 Å². The van der Waals surface area contributed by atoms with Gasteiger partial charge in [0.05, 0.1) is 5.75 Å². The number of aryl methyl sites for hydroxylation is 1. The van der Waals surface area contributed by atoms with Gasteiger partial charge in [-0.05, 0) is 18.6 Å². The average Bonchev–Trinajstić information content (AvgIpc) is 2.15. The number of nitrogens with two attached hydrogens (primary N) is 1. The Bertz CT molecular complexity index is 379. The second-order valence-electron chi connectivity index (χ2n) is 2.97. The van der Waals surface area contributed by atoms with E-state index < -0.39 is 6.03 Å². The van der Waals surface area contributed by atoms with Crippen molar-refractivity contribution in [2.45, 2.75) is 11.8 Å². The standard InChI is InChI=1S/C10H12N2O2S/c1-7-4-2-3-5-8(7)15-6-9(13)12-10(11)14/h2-5H,6H2,1H3,(H3,11,12,13,14). The van der Waals surface area contributed by atoms with E-state index >= 15 is 0 Å². The Kier molecular flexibility index (Phi) is 4.17. The second-order valence-corrected chi connectivity index (χ2v) is 3.98. The summed E-state index contributed by atoms with van der Waals surface area (Å²) in [5.74, 6) is -0.191. The maximum Gasteiger partial charge on any atom is 0.318 e. The highest BCUT2D eigenvalue weighted by Crippen LogP contribution is 2.21. The highest BCUT2D eigenvalue weighted by Gasteiger charge is 2.05. The lowest BCUT2D eigenvalue weighted by Gasteiger charge is -2.04. The van der Waals surface area contributed by atoms with Crippen molar-refractivity contribution in [3.8, 4) is 0 Å². The van der Waals surface area contributed by atoms with E-state index in [-0.39, 0.29) is 11.7 Å². The zero-order valence-corrected chi connectivity index (χ0v) is 9.14. The van der Waals surface area contributed by atoms with Crippen LogP contribution in [0.2, 0.25) is 0 Å². The SMILES string of the molecule is Cc1ccccc1SCC(=O)NC(N)=O. The third-order valence-corrected chi connectivity index (χ3v) is 2.89. The van der Waals surface area contributed by atoms with Gasteiger partial charge in [-0.1, -0.05) is 18.2 Å². The van der Waals surface area contributed by atoms with Gasteiger partial charge < -0.3 is 5.73 Å². The molecule has 0 atom stereocenters. The lowest BCUT2D eigenvalue weighted by atomic mass is 10.2. The summed E-state index contributed by atoms with van der Waals surface area (Å²) in [5, 5.41) is 2.01. The molecule has 0 unspecified atom stereocenters. The Labute approximate surface area is 92.2 Å². The van der Waals surface area contributed by atoms with Crippen molar-refractivity contribution >= 4 is 23.7 Å². The number of hydrogen-bond acceptors (Lipinski definition) is 3. The molecule has 0 heterocycles. The maximum absolute atomic E-state index is 11.1. The molecular formula is C10H12N2O2S. The first-order chi connectivity index (χ1) is 7.09. The van der Waals surface area contributed by atoms with Gasteiger partial charge in [0.2, 0.25) is 5.91 Å². The number of benzene rings is 1. The van der Waals surface area contributed by atoms with E-state index in [1.807, 2.05) is 36.5 Å². The smallest absolute Gasteiger partial charge is 0.318 e. The van der Waals surface area contributed by atoms with Crippen molar-refractivity contribution < 1.29 is 9.59 Å². The lowest BCUT2D eigenvalue weighted by molar-refractivity contribution is -0.117. The van der Waals surface area contributed by atoms with E-state index in [0.717, 1.165) is 10.5 Å². The summed E-state index contributed by atoms with van der Waals surface area (Å²) in [4.78, 5) is 22.5. The van der Waals surface area contributed by atoms with Crippen LogP contribution in [0.3, 0.4) is 0 Å². The summed E-state index contributed by atoms with van der Waals surface area (Å²) < 4.78 is 0. The first-order valence-electron chi connectivity index (χ1n) is 4.37. The van der Waals surface area contributed by atoms with Gasteiger partial charge >= 0.3 is 6.03 Å². The first kappa shape index (κ1) is 11.6. The third-order valence-electron chi connectivity index (χ3n) is 1.71. The van der Waals surface area contributed by atoms with Gasteiger partial charge in [-0.3, -0.25) is 10.1 Å². The molecule has 1 aromatic carbocycles. The number of carbonyl (C=O) groups is 2. The van der Waals surface area contributed by atoms with Gasteiger partial charge in [0, 0.05) is 4.90 Å². The summed E-state index contributed by atoms with van der Waals surface area (Å²) in [6.45, 7) is 1.97. The topological polar surface area (TPSA) is 72.2 Å². The molecule has 0 saturated heterocycles. The maximum atomic E-state index is 11.1. The van der Waals surface area contributed by atoms with E-state index in [1.165, 1.54) is 11.8 Å². The molecule has 80 valence electrons. The molecular weight excluding hydrogens is 212 g/mol. The molecule has 0 saturated carbocycles. The minimum absolute atomic E-state index is 0.188. The Balaban J connectivity index is 2.47. The fraction of sp³-hybridized carbons (Fsp3) is 0.200. The fourth-order valence-electron chi connectivity index (χ4n) is 1.04. The predicted molar refractivity (Wildman–Crippen MR) is 59.6 cm³/mol. The lowest BCUT2D eigenvalue weighted by Crippen LogP contribution is -2.36. The molecule has 0 fully saturated rings. The van der Waals surface area contributed by atoms with Gasteiger partial charge in [0.15, 0.2) is 0 Å². The summed E-state index contributed by atoms with van der Waals surface area (Å²) in [5.41, 5.74) is 5.92. The van der Waals surface area contributed by atoms with Crippen molar-refractivity contribution in [3.63, 3.8) is 0 Å². The molecule has 0 aliphatic carbocycles. The summed E-state index contributed by atoms with van der Waals surface area (Å²) in [6, 6.07) is 6.92. The zero-order valence-electron chi connectivity index (χ0n) is 8.32. The van der Waals surface area contributed by atoms with Gasteiger partial charge in [0.1, 0.15) is 0 Å². The number of rotatable bonds is 3. The van der Waals surface area contributed by atoms with Crippen LogP contribution in [-0.4, -0.2) is 17.7 Å². The molecule has 4 nitrogen and oxygen atoms in total. The fourth-order valence-corrected chi connectivity index (χ4v) is 1.86. The van der Waals surface area contributed by atoms with Gasteiger partial charge in [-0.15, -0.1) is 11.8 Å². The molecule has 0 aliphatic heterocycles. The van der Waals surface area contributed by atoms with E-state index in [1.54, 1.807) is 0 Å². The highest BCUT2D eigenvalue weighted by molar-refractivity contribution is 8.00. The average molecular weight is 224 g/mol. The van der Waals surface area contributed by atoms with Crippen LogP contribution in [0.15, 0.2) is 29.2 Å². The van der Waals surface area contributed by atoms with Crippen LogP contribution < -0.4 is 11.1 Å². The zero-order chi connectivity index (χ0) is 11.3. The van der Waals surface area contributed by atoms with Crippen molar-refractivity contribution in [2.75, 3.05) is 5.75 Å². The van der Waals surface area contributed by atoms with Crippen LogP contribution in [-0.2, 0) is 4.79 Å². The molecule has 0 aromatic heterocycles. The number of imide groups is 1. The first-order valence-corrected chi connectivity index (χ1v) is 5.36. The molecule has 3 amide bonds. The molecule has 0 bridgehead atoms. The van der Waals surface area contributed by atoms with Gasteiger partial charge in [-0.25, -0.2) is 4.79 Å². The Morgan fingerprint density at radius 2 is 2.07 bits per heavy atom. The molecule has 0 radical (unpaired) electrons. The normalized spacial score (nSPS) is 9.67. The minimum atomic E-state index is -0.814. The van der Waals surface area contributed by atoms with Gasteiger partial charge in [0.25, 0.3) is 0 Å². The Morgan fingerprint density at radius 3 is 2.67 bits per heavy atom. The molecule has 1 rings (SSSR count). The number of nitrogens with one attached hydrogen (secondary N) is 1. The van der Waals surface area contributed by atoms with Crippen molar-refractivity contribution in [2.24, 2.45) is 5.73 Å². The van der Waals surface area contributed by atoms with Crippen molar-refractivity contribution in [1.29, 1.82) is 0 Å². The van der Waals surface area contributed by atoms with E-state index in [0.29, 0.717) is 0 Å². The third kappa shape index (κ3) is 4.03. The summed E-state index contributed by atoms with van der Waals surface area (Å²) in [6.07, 6.45) is 0. The summed E-state index contributed by atoms with van der Waals surface area (Å²) in [7, 11) is 0. The van der Waals surface area contributed by atoms with E-state index in [2.05, 4.69) is 0 Å². The van der Waals surface area contributed by atoms with E-state index in [4.69, 9.17) is 5.73 Å². The number of urea groups is 1. The number of primary amides is 1. The molecule has 0 aliphatic rings. The van der Waals surface area contributed by atoms with Crippen molar-refractivity contribution in [1.82, 2.24) is 5.32 Å². The molecule has 15 heavy (non-hydrogen) atoms.